The smallest absolute Gasteiger partial charge is 0.421 e. The third-order valence-electron chi connectivity index (χ3n) is 3.95. The molecule has 0 fully saturated rings. The van der Waals surface area contributed by atoms with Crippen molar-refractivity contribution < 1.29 is 26.7 Å². The van der Waals surface area contributed by atoms with Crippen LogP contribution in [0.2, 0.25) is 0 Å². The fourth-order valence-corrected chi connectivity index (χ4v) is 2.63. The van der Waals surface area contributed by atoms with Gasteiger partial charge in [0.05, 0.1) is 22.9 Å². The number of ether oxygens (including phenoxy) is 1. The van der Waals surface area contributed by atoms with Crippen LogP contribution in [0, 0.1) is 23.0 Å². The number of nitrogens with zero attached hydrogens (tertiary/aromatic N) is 2. The van der Waals surface area contributed by atoms with Gasteiger partial charge in [0.2, 0.25) is 5.88 Å². The van der Waals surface area contributed by atoms with Gasteiger partial charge in [-0.15, -0.1) is 0 Å². The van der Waals surface area contributed by atoms with Crippen LogP contribution in [0.4, 0.5) is 22.0 Å². The summed E-state index contributed by atoms with van der Waals surface area (Å²) < 4.78 is 72.6. The summed E-state index contributed by atoms with van der Waals surface area (Å²) in [5.74, 6) is -2.88. The molecule has 9 heteroatoms. The van der Waals surface area contributed by atoms with Gasteiger partial charge in [0.15, 0.2) is 0 Å². The number of fused-ring (bicyclic) bond motifs is 1. The van der Waals surface area contributed by atoms with E-state index in [0.717, 1.165) is 18.2 Å². The van der Waals surface area contributed by atoms with Gasteiger partial charge in [-0.05, 0) is 36.7 Å². The van der Waals surface area contributed by atoms with Crippen LogP contribution in [0.1, 0.15) is 27.9 Å². The summed E-state index contributed by atoms with van der Waals surface area (Å²) in [5.41, 5.74) is -1.04. The number of nitriles is 1. The molecule has 3 rings (SSSR count). The molecular weight excluding hydrogens is 357 g/mol. The second-order valence-corrected chi connectivity index (χ2v) is 5.69. The lowest BCUT2D eigenvalue weighted by Gasteiger charge is -2.20. The molecule has 2 aromatic rings. The Hall–Kier alpha value is -2.73. The first-order valence-electron chi connectivity index (χ1n) is 7.61. The van der Waals surface area contributed by atoms with E-state index in [1.807, 2.05) is 0 Å². The third kappa shape index (κ3) is 3.60. The van der Waals surface area contributed by atoms with E-state index in [2.05, 4.69) is 10.3 Å². The summed E-state index contributed by atoms with van der Waals surface area (Å²) in [4.78, 5) is 3.89. The van der Waals surface area contributed by atoms with Gasteiger partial charge in [0.1, 0.15) is 23.8 Å². The molecule has 0 saturated carbocycles. The Morgan fingerprint density at radius 1 is 1.19 bits per heavy atom. The molecule has 1 aromatic heterocycles. The lowest BCUT2D eigenvalue weighted by atomic mass is 10.0. The highest BCUT2D eigenvalue weighted by molar-refractivity contribution is 5.38. The molecule has 0 unspecified atom stereocenters. The van der Waals surface area contributed by atoms with Crippen LogP contribution in [0.3, 0.4) is 0 Å². The van der Waals surface area contributed by atoms with E-state index >= 15 is 0 Å². The molecule has 0 spiro atoms. The fraction of sp³-hybridized carbons (Fsp3) is 0.294. The Morgan fingerprint density at radius 2 is 1.88 bits per heavy atom. The summed E-state index contributed by atoms with van der Waals surface area (Å²) in [7, 11) is 0. The van der Waals surface area contributed by atoms with Crippen LogP contribution in [0.25, 0.3) is 0 Å². The molecule has 1 aliphatic heterocycles. The highest BCUT2D eigenvalue weighted by Gasteiger charge is 2.37. The van der Waals surface area contributed by atoms with Gasteiger partial charge in [0.25, 0.3) is 0 Å². The molecule has 2 heterocycles. The van der Waals surface area contributed by atoms with Crippen molar-refractivity contribution in [1.29, 1.82) is 5.26 Å². The first-order chi connectivity index (χ1) is 12.3. The number of alkyl halides is 3. The molecular formula is C17H12F5N3O. The number of pyridine rings is 1. The Balaban J connectivity index is 1.94. The van der Waals surface area contributed by atoms with Gasteiger partial charge in [0, 0.05) is 6.54 Å². The number of nitrogens with one attached hydrogen (secondary N) is 1. The van der Waals surface area contributed by atoms with Crippen molar-refractivity contribution in [1.82, 2.24) is 10.3 Å². The molecule has 0 aliphatic carbocycles. The Morgan fingerprint density at radius 3 is 2.50 bits per heavy atom. The van der Waals surface area contributed by atoms with Crippen molar-refractivity contribution in [3.63, 3.8) is 0 Å². The van der Waals surface area contributed by atoms with Crippen molar-refractivity contribution in [2.75, 3.05) is 6.54 Å². The molecule has 0 bridgehead atoms. The van der Waals surface area contributed by atoms with Crippen LogP contribution in [-0.4, -0.2) is 11.5 Å². The minimum Gasteiger partial charge on any atom is -0.472 e. The molecule has 0 atom stereocenters. The average molecular weight is 369 g/mol. The standard InChI is InChI=1S/C17H12F5N3O/c18-13-3-9(6-23)4-14(19)11(13)8-26-16-12(17(20,21)22)5-10-1-2-24-7-15(10)25-16/h3-5,24H,1-2,7-8H2. The number of halogens is 5. The summed E-state index contributed by atoms with van der Waals surface area (Å²) in [5, 5.41) is 11.6. The minimum atomic E-state index is -4.72. The summed E-state index contributed by atoms with van der Waals surface area (Å²) in [6, 6.07) is 4.12. The van der Waals surface area contributed by atoms with Gasteiger partial charge in [-0.25, -0.2) is 13.8 Å². The second-order valence-electron chi connectivity index (χ2n) is 5.69. The van der Waals surface area contributed by atoms with Gasteiger partial charge < -0.3 is 10.1 Å². The lowest BCUT2D eigenvalue weighted by Crippen LogP contribution is -2.26. The Labute approximate surface area is 145 Å². The molecule has 136 valence electrons. The average Bonchev–Trinajstić information content (AvgIpc) is 2.59. The van der Waals surface area contributed by atoms with Crippen molar-refractivity contribution in [2.24, 2.45) is 0 Å². The maximum atomic E-state index is 13.9. The molecule has 0 radical (unpaired) electrons. The van der Waals surface area contributed by atoms with Gasteiger partial charge >= 0.3 is 6.18 Å². The zero-order valence-electron chi connectivity index (χ0n) is 13.3. The highest BCUT2D eigenvalue weighted by atomic mass is 19.4. The van der Waals surface area contributed by atoms with Crippen LogP contribution in [-0.2, 0) is 25.7 Å². The SMILES string of the molecule is N#Cc1cc(F)c(COc2nc3c(cc2C(F)(F)F)CCNC3)c(F)c1. The van der Waals surface area contributed by atoms with E-state index in [9.17, 15) is 22.0 Å². The molecule has 1 aromatic carbocycles. The third-order valence-corrected chi connectivity index (χ3v) is 3.95. The van der Waals surface area contributed by atoms with E-state index in [-0.39, 0.29) is 12.1 Å². The van der Waals surface area contributed by atoms with Crippen molar-refractivity contribution in [3.05, 3.63) is 57.8 Å². The molecule has 0 amide bonds. The molecule has 26 heavy (non-hydrogen) atoms. The van der Waals surface area contributed by atoms with E-state index in [0.29, 0.717) is 24.2 Å². The van der Waals surface area contributed by atoms with Crippen molar-refractivity contribution >= 4 is 0 Å². The number of benzene rings is 1. The molecule has 0 saturated heterocycles. The number of hydrogen-bond donors (Lipinski definition) is 1. The largest absolute Gasteiger partial charge is 0.472 e. The van der Waals surface area contributed by atoms with E-state index in [4.69, 9.17) is 10.00 Å². The predicted molar refractivity (Wildman–Crippen MR) is 80.1 cm³/mol. The minimum absolute atomic E-state index is 0.238. The van der Waals surface area contributed by atoms with Crippen LogP contribution >= 0.6 is 0 Å². The van der Waals surface area contributed by atoms with Crippen molar-refractivity contribution in [2.45, 2.75) is 25.7 Å². The summed E-state index contributed by atoms with van der Waals surface area (Å²) in [6.45, 7) is 0.0307. The summed E-state index contributed by atoms with van der Waals surface area (Å²) in [6.07, 6.45) is -4.32. The van der Waals surface area contributed by atoms with E-state index in [1.165, 1.54) is 0 Å². The molecule has 4 nitrogen and oxygen atoms in total. The normalized spacial score (nSPS) is 13.8. The topological polar surface area (TPSA) is 57.9 Å². The number of aromatic nitrogens is 1. The molecule has 1 aliphatic rings. The maximum absolute atomic E-state index is 13.9. The monoisotopic (exact) mass is 369 g/mol. The second kappa shape index (κ2) is 6.88. The first-order valence-corrected chi connectivity index (χ1v) is 7.61. The first kappa shape index (κ1) is 18.1. The van der Waals surface area contributed by atoms with E-state index in [1.54, 1.807) is 6.07 Å². The van der Waals surface area contributed by atoms with Crippen LogP contribution < -0.4 is 10.1 Å². The Bertz CT molecular complexity index is 866. The maximum Gasteiger partial charge on any atom is 0.421 e. The highest BCUT2D eigenvalue weighted by Crippen LogP contribution is 2.37. The molecule has 1 N–H and O–H groups in total. The summed E-state index contributed by atoms with van der Waals surface area (Å²) >= 11 is 0. The number of hydrogen-bond acceptors (Lipinski definition) is 4. The zero-order valence-corrected chi connectivity index (χ0v) is 13.3. The quantitative estimate of drug-likeness (QED) is 0.842. The Kier molecular flexibility index (Phi) is 4.78. The van der Waals surface area contributed by atoms with E-state index < -0.39 is 41.4 Å². The van der Waals surface area contributed by atoms with Gasteiger partial charge in [-0.1, -0.05) is 0 Å². The fourth-order valence-electron chi connectivity index (χ4n) is 2.63. The van der Waals surface area contributed by atoms with Crippen molar-refractivity contribution in [3.8, 4) is 11.9 Å². The van der Waals surface area contributed by atoms with Crippen LogP contribution in [0.15, 0.2) is 18.2 Å². The zero-order chi connectivity index (χ0) is 18.9. The number of rotatable bonds is 3. The predicted octanol–water partition coefficient (Wildman–Crippen LogP) is 3.47. The lowest BCUT2D eigenvalue weighted by molar-refractivity contribution is -0.139. The van der Waals surface area contributed by atoms with Gasteiger partial charge in [-0.2, -0.15) is 18.4 Å². The van der Waals surface area contributed by atoms with Crippen LogP contribution in [0.5, 0.6) is 5.88 Å². The van der Waals surface area contributed by atoms with Gasteiger partial charge in [-0.3, -0.25) is 0 Å².